The highest BCUT2D eigenvalue weighted by molar-refractivity contribution is 7.89. The summed E-state index contributed by atoms with van der Waals surface area (Å²) < 4.78 is 36.4. The van der Waals surface area contributed by atoms with E-state index in [0.29, 0.717) is 13.1 Å². The molecule has 1 aliphatic rings. The minimum atomic E-state index is -3.72. The van der Waals surface area contributed by atoms with E-state index in [1.807, 2.05) is 0 Å². The summed E-state index contributed by atoms with van der Waals surface area (Å²) in [5, 5.41) is 9.23. The highest BCUT2D eigenvalue weighted by Crippen LogP contribution is 2.35. The van der Waals surface area contributed by atoms with Crippen molar-refractivity contribution in [1.29, 1.82) is 0 Å². The topological polar surface area (TPSA) is 93.1 Å². The lowest BCUT2D eigenvalue weighted by atomic mass is 10.2. The molecule has 0 radical (unpaired) electrons. The molecule has 1 saturated heterocycles. The highest BCUT2D eigenvalue weighted by atomic mass is 32.2. The second-order valence-electron chi connectivity index (χ2n) is 4.62. The average Bonchev–Trinajstić information content (AvgIpc) is 3.00. The van der Waals surface area contributed by atoms with Crippen LogP contribution >= 0.6 is 0 Å². The van der Waals surface area contributed by atoms with Gasteiger partial charge in [0.25, 0.3) is 0 Å². The summed E-state index contributed by atoms with van der Waals surface area (Å²) in [7, 11) is -1.08. The Morgan fingerprint density at radius 1 is 1.19 bits per heavy atom. The fraction of sp³-hybridized carbons (Fsp3) is 0.462. The minimum Gasteiger partial charge on any atom is -0.493 e. The predicted octanol–water partition coefficient (Wildman–Crippen LogP) is 1.19. The minimum absolute atomic E-state index is 0.00497. The van der Waals surface area contributed by atoms with E-state index in [-0.39, 0.29) is 22.0 Å². The van der Waals surface area contributed by atoms with Crippen LogP contribution in [0.25, 0.3) is 0 Å². The number of benzene rings is 1. The Kier molecular flexibility index (Phi) is 4.38. The number of sulfonamides is 1. The van der Waals surface area contributed by atoms with Crippen LogP contribution in [0.15, 0.2) is 17.0 Å². The molecule has 1 fully saturated rings. The SMILES string of the molecule is COc1cc(S(=O)(=O)N2CCCC2)cc(C(=O)O)c1OC. The van der Waals surface area contributed by atoms with Gasteiger partial charge in [0.15, 0.2) is 11.5 Å². The maximum Gasteiger partial charge on any atom is 0.339 e. The number of hydrogen-bond donors (Lipinski definition) is 1. The van der Waals surface area contributed by atoms with E-state index >= 15 is 0 Å². The molecule has 1 heterocycles. The van der Waals surface area contributed by atoms with Crippen molar-refractivity contribution < 1.29 is 27.8 Å². The lowest BCUT2D eigenvalue weighted by molar-refractivity contribution is 0.0692. The van der Waals surface area contributed by atoms with Crippen molar-refractivity contribution in [3.63, 3.8) is 0 Å². The number of carbonyl (C=O) groups is 1. The van der Waals surface area contributed by atoms with E-state index < -0.39 is 16.0 Å². The number of rotatable bonds is 5. The summed E-state index contributed by atoms with van der Waals surface area (Å²) in [4.78, 5) is 11.2. The molecule has 0 atom stereocenters. The van der Waals surface area contributed by atoms with Gasteiger partial charge in [0.1, 0.15) is 5.56 Å². The normalized spacial score (nSPS) is 15.9. The van der Waals surface area contributed by atoms with Crippen molar-refractivity contribution in [3.05, 3.63) is 17.7 Å². The molecule has 1 aromatic carbocycles. The van der Waals surface area contributed by atoms with Gasteiger partial charge >= 0.3 is 5.97 Å². The van der Waals surface area contributed by atoms with Crippen LogP contribution in [0.2, 0.25) is 0 Å². The van der Waals surface area contributed by atoms with Crippen molar-refractivity contribution in [1.82, 2.24) is 4.31 Å². The Morgan fingerprint density at radius 3 is 2.29 bits per heavy atom. The fourth-order valence-electron chi connectivity index (χ4n) is 2.32. The third-order valence-corrected chi connectivity index (χ3v) is 5.26. The lowest BCUT2D eigenvalue weighted by Gasteiger charge is -2.18. The van der Waals surface area contributed by atoms with E-state index in [4.69, 9.17) is 9.47 Å². The molecule has 8 heteroatoms. The third-order valence-electron chi connectivity index (χ3n) is 3.39. The van der Waals surface area contributed by atoms with Crippen LogP contribution in [0.1, 0.15) is 23.2 Å². The van der Waals surface area contributed by atoms with Gasteiger partial charge in [0.2, 0.25) is 10.0 Å². The van der Waals surface area contributed by atoms with E-state index in [9.17, 15) is 18.3 Å². The number of methoxy groups -OCH3 is 2. The zero-order valence-corrected chi connectivity index (χ0v) is 12.6. The van der Waals surface area contributed by atoms with Crippen molar-refractivity contribution in [3.8, 4) is 11.5 Å². The second kappa shape index (κ2) is 5.90. The van der Waals surface area contributed by atoms with Gasteiger partial charge in [-0.05, 0) is 18.9 Å². The van der Waals surface area contributed by atoms with Gasteiger partial charge in [-0.15, -0.1) is 0 Å². The lowest BCUT2D eigenvalue weighted by Crippen LogP contribution is -2.28. The van der Waals surface area contributed by atoms with Crippen LogP contribution in [0.3, 0.4) is 0 Å². The van der Waals surface area contributed by atoms with Crippen LogP contribution in [0.4, 0.5) is 0 Å². The van der Waals surface area contributed by atoms with Gasteiger partial charge in [-0.25, -0.2) is 13.2 Å². The summed E-state index contributed by atoms with van der Waals surface area (Å²) in [6.07, 6.45) is 1.61. The first kappa shape index (κ1) is 15.6. The molecule has 0 saturated carbocycles. The molecule has 1 aromatic rings. The van der Waals surface area contributed by atoms with E-state index in [2.05, 4.69) is 0 Å². The molecule has 0 bridgehead atoms. The Morgan fingerprint density at radius 2 is 1.81 bits per heavy atom. The van der Waals surface area contributed by atoms with Gasteiger partial charge in [-0.2, -0.15) is 4.31 Å². The Balaban J connectivity index is 2.59. The molecule has 0 unspecified atom stereocenters. The number of carboxylic acid groups (broad SMARTS) is 1. The monoisotopic (exact) mass is 315 g/mol. The second-order valence-corrected chi connectivity index (χ2v) is 6.56. The number of aromatic carboxylic acids is 1. The van der Waals surface area contributed by atoms with Crippen molar-refractivity contribution in [2.24, 2.45) is 0 Å². The molecule has 0 spiro atoms. The van der Waals surface area contributed by atoms with Gasteiger partial charge in [0.05, 0.1) is 19.1 Å². The fourth-order valence-corrected chi connectivity index (χ4v) is 3.88. The Hall–Kier alpha value is -1.80. The van der Waals surface area contributed by atoms with Crippen LogP contribution in [0.5, 0.6) is 11.5 Å². The van der Waals surface area contributed by atoms with Gasteiger partial charge in [-0.1, -0.05) is 0 Å². The number of hydrogen-bond acceptors (Lipinski definition) is 5. The summed E-state index contributed by atoms with van der Waals surface area (Å²) >= 11 is 0. The average molecular weight is 315 g/mol. The Bertz CT molecular complexity index is 649. The smallest absolute Gasteiger partial charge is 0.339 e. The molecule has 1 N–H and O–H groups in total. The number of ether oxygens (including phenoxy) is 2. The predicted molar refractivity (Wildman–Crippen MR) is 74.5 cm³/mol. The first-order valence-corrected chi connectivity index (χ1v) is 7.85. The molecule has 2 rings (SSSR count). The largest absolute Gasteiger partial charge is 0.493 e. The van der Waals surface area contributed by atoms with Crippen LogP contribution < -0.4 is 9.47 Å². The van der Waals surface area contributed by atoms with Gasteiger partial charge < -0.3 is 14.6 Å². The zero-order valence-electron chi connectivity index (χ0n) is 11.8. The first-order valence-electron chi connectivity index (χ1n) is 6.41. The van der Waals surface area contributed by atoms with Crippen LogP contribution in [-0.2, 0) is 10.0 Å². The maximum atomic E-state index is 12.5. The summed E-state index contributed by atoms with van der Waals surface area (Å²) in [6, 6.07) is 2.40. The molecule has 0 aromatic heterocycles. The van der Waals surface area contributed by atoms with Gasteiger partial charge in [0, 0.05) is 19.2 Å². The number of nitrogens with zero attached hydrogens (tertiary/aromatic N) is 1. The maximum absolute atomic E-state index is 12.5. The molecule has 0 amide bonds. The first-order chi connectivity index (χ1) is 9.91. The van der Waals surface area contributed by atoms with Crippen LogP contribution in [0, 0.1) is 0 Å². The molecular formula is C13H17NO6S. The molecule has 0 aliphatic carbocycles. The van der Waals surface area contributed by atoms with Gasteiger partial charge in [-0.3, -0.25) is 0 Å². The molecule has 21 heavy (non-hydrogen) atoms. The number of carboxylic acids is 1. The zero-order chi connectivity index (χ0) is 15.6. The van der Waals surface area contributed by atoms with E-state index in [1.165, 1.54) is 24.6 Å². The standard InChI is InChI=1S/C13H17NO6S/c1-19-11-8-9(7-10(13(15)16)12(11)20-2)21(17,18)14-5-3-4-6-14/h7-8H,3-6H2,1-2H3,(H,15,16). The summed E-state index contributed by atoms with van der Waals surface area (Å²) in [5.74, 6) is -1.19. The van der Waals surface area contributed by atoms with Crippen molar-refractivity contribution in [2.45, 2.75) is 17.7 Å². The summed E-state index contributed by atoms with van der Waals surface area (Å²) in [5.41, 5.74) is -0.241. The molecule has 116 valence electrons. The third kappa shape index (κ3) is 2.81. The van der Waals surface area contributed by atoms with Crippen LogP contribution in [-0.4, -0.2) is 51.1 Å². The van der Waals surface area contributed by atoms with E-state index in [1.54, 1.807) is 0 Å². The molecule has 7 nitrogen and oxygen atoms in total. The highest BCUT2D eigenvalue weighted by Gasteiger charge is 2.30. The Labute approximate surface area is 123 Å². The van der Waals surface area contributed by atoms with E-state index in [0.717, 1.165) is 18.9 Å². The molecule has 1 aliphatic heterocycles. The molecular weight excluding hydrogens is 298 g/mol. The summed E-state index contributed by atoms with van der Waals surface area (Å²) in [6.45, 7) is 0.887. The van der Waals surface area contributed by atoms with Crippen molar-refractivity contribution in [2.75, 3.05) is 27.3 Å². The van der Waals surface area contributed by atoms with Crippen molar-refractivity contribution >= 4 is 16.0 Å². The quantitative estimate of drug-likeness (QED) is 0.877.